The highest BCUT2D eigenvalue weighted by atomic mass is 16.6. The van der Waals surface area contributed by atoms with Gasteiger partial charge in [-0.15, -0.1) is 0 Å². The summed E-state index contributed by atoms with van der Waals surface area (Å²) in [6.45, 7) is 0.106. The van der Waals surface area contributed by atoms with Crippen molar-refractivity contribution in [3.63, 3.8) is 0 Å². The second-order valence-corrected chi connectivity index (χ2v) is 9.83. The fourth-order valence-corrected chi connectivity index (χ4v) is 5.40. The fourth-order valence-electron chi connectivity index (χ4n) is 5.40. The van der Waals surface area contributed by atoms with E-state index >= 15 is 0 Å². The zero-order valence-corrected chi connectivity index (χ0v) is 22.8. The maximum atomic E-state index is 11.1. The Labute approximate surface area is 237 Å². The van der Waals surface area contributed by atoms with Crippen LogP contribution in [0.3, 0.4) is 0 Å². The van der Waals surface area contributed by atoms with Gasteiger partial charge in [0.25, 0.3) is 0 Å². The van der Waals surface area contributed by atoms with Crippen molar-refractivity contribution in [2.45, 2.75) is 30.5 Å². The van der Waals surface area contributed by atoms with Crippen molar-refractivity contribution >= 4 is 17.0 Å². The van der Waals surface area contributed by atoms with Gasteiger partial charge in [0, 0.05) is 6.42 Å². The van der Waals surface area contributed by atoms with Crippen LogP contribution in [0.1, 0.15) is 29.3 Å². The van der Waals surface area contributed by atoms with E-state index in [4.69, 9.17) is 24.7 Å². The summed E-state index contributed by atoms with van der Waals surface area (Å²) < 4.78 is 25.9. The largest absolute Gasteiger partial charge is 0.497 e. The van der Waals surface area contributed by atoms with Crippen molar-refractivity contribution in [3.8, 4) is 11.5 Å². The first-order valence-corrected chi connectivity index (χ1v) is 13.3. The summed E-state index contributed by atoms with van der Waals surface area (Å²) in [5.41, 5.74) is 8.70. The molecule has 5 aromatic rings. The Bertz CT molecular complexity index is 1560. The van der Waals surface area contributed by atoms with E-state index in [9.17, 15) is 5.11 Å². The van der Waals surface area contributed by atoms with Gasteiger partial charge in [-0.3, -0.25) is 4.57 Å². The first kappa shape index (κ1) is 26.7. The smallest absolute Gasteiger partial charge is 0.167 e. The van der Waals surface area contributed by atoms with Crippen molar-refractivity contribution in [3.05, 3.63) is 108 Å². The predicted molar refractivity (Wildman–Crippen MR) is 153 cm³/mol. The van der Waals surface area contributed by atoms with Gasteiger partial charge in [0.1, 0.15) is 41.3 Å². The monoisotopic (exact) mass is 553 g/mol. The number of nitrogens with two attached hydrogens (primary N) is 1. The minimum Gasteiger partial charge on any atom is -0.497 e. The number of rotatable bonds is 9. The molecule has 3 atom stereocenters. The Kier molecular flexibility index (Phi) is 7.27. The van der Waals surface area contributed by atoms with Crippen LogP contribution in [-0.4, -0.2) is 57.7 Å². The van der Waals surface area contributed by atoms with Crippen LogP contribution >= 0.6 is 0 Å². The minimum absolute atomic E-state index is 0.106. The molecule has 1 aliphatic heterocycles. The number of ether oxygens (including phenoxy) is 4. The third-order valence-corrected chi connectivity index (χ3v) is 7.54. The lowest BCUT2D eigenvalue weighted by atomic mass is 9.80. The van der Waals surface area contributed by atoms with E-state index in [1.165, 1.54) is 6.33 Å². The normalized spacial score (nSPS) is 19.0. The molecular formula is C31H31N5O5. The number of fused-ring (bicyclic) bond motifs is 1. The maximum absolute atomic E-state index is 11.1. The van der Waals surface area contributed by atoms with E-state index in [1.807, 2.05) is 78.9 Å². The molecule has 0 amide bonds. The highest BCUT2D eigenvalue weighted by Gasteiger charge is 2.42. The molecule has 0 aliphatic carbocycles. The van der Waals surface area contributed by atoms with Crippen LogP contribution in [0, 0.1) is 0 Å². The van der Waals surface area contributed by atoms with Crippen LogP contribution in [0.5, 0.6) is 11.5 Å². The highest BCUT2D eigenvalue weighted by molar-refractivity contribution is 5.81. The summed E-state index contributed by atoms with van der Waals surface area (Å²) >= 11 is 0. The minimum atomic E-state index is -1.02. The van der Waals surface area contributed by atoms with Crippen LogP contribution in [-0.2, 0) is 15.1 Å². The van der Waals surface area contributed by atoms with E-state index in [-0.39, 0.29) is 6.61 Å². The van der Waals surface area contributed by atoms with E-state index in [1.54, 1.807) is 25.1 Å². The average Bonchev–Trinajstić information content (AvgIpc) is 3.62. The molecule has 0 bridgehead atoms. The Morgan fingerprint density at radius 3 is 2.10 bits per heavy atom. The van der Waals surface area contributed by atoms with Gasteiger partial charge in [0.2, 0.25) is 0 Å². The molecule has 10 nitrogen and oxygen atoms in total. The molecule has 1 saturated heterocycles. The lowest BCUT2D eigenvalue weighted by molar-refractivity contribution is -0.0931. The topological polar surface area (TPSA) is 127 Å². The van der Waals surface area contributed by atoms with Gasteiger partial charge in [-0.2, -0.15) is 0 Å². The summed E-state index contributed by atoms with van der Waals surface area (Å²) in [7, 11) is 3.27. The van der Waals surface area contributed by atoms with Gasteiger partial charge in [-0.25, -0.2) is 15.0 Å². The van der Waals surface area contributed by atoms with Gasteiger partial charge in [0.15, 0.2) is 11.5 Å². The van der Waals surface area contributed by atoms with E-state index in [0.29, 0.717) is 23.4 Å². The van der Waals surface area contributed by atoms with E-state index in [2.05, 4.69) is 15.0 Å². The number of benzene rings is 3. The predicted octanol–water partition coefficient (Wildman–Crippen LogP) is 4.08. The lowest BCUT2D eigenvalue weighted by Gasteiger charge is -2.37. The molecule has 1 aliphatic rings. The van der Waals surface area contributed by atoms with Crippen molar-refractivity contribution in [2.75, 3.05) is 26.6 Å². The molecule has 6 rings (SSSR count). The van der Waals surface area contributed by atoms with Gasteiger partial charge in [-0.05, 0) is 41.0 Å². The molecule has 0 spiro atoms. The number of methoxy groups -OCH3 is 2. The molecule has 210 valence electrons. The van der Waals surface area contributed by atoms with Gasteiger partial charge < -0.3 is 29.8 Å². The number of hydrogen-bond acceptors (Lipinski definition) is 9. The molecule has 0 radical (unpaired) electrons. The molecule has 10 heteroatoms. The Morgan fingerprint density at radius 2 is 1.49 bits per heavy atom. The van der Waals surface area contributed by atoms with Gasteiger partial charge in [-0.1, -0.05) is 54.6 Å². The number of aliphatic hydroxyl groups is 1. The Balaban J connectivity index is 1.37. The molecular weight excluding hydrogens is 522 g/mol. The Hall–Kier alpha value is -4.51. The van der Waals surface area contributed by atoms with Gasteiger partial charge >= 0.3 is 0 Å². The summed E-state index contributed by atoms with van der Waals surface area (Å²) in [4.78, 5) is 12.7. The summed E-state index contributed by atoms with van der Waals surface area (Å²) in [6.07, 6.45) is 1.45. The molecule has 3 N–H and O–H groups in total. The van der Waals surface area contributed by atoms with Crippen molar-refractivity contribution < 1.29 is 24.1 Å². The number of hydrogen-bond donors (Lipinski definition) is 2. The SMILES string of the molecule is COc1ccc(C(OC[C@@H]2O[C@H](n3cnc4c(N)ncnc43)C[C@H]2O)(c2ccccc2)c2ccc(OC)cc2)cc1. The number of aliphatic hydroxyl groups excluding tert-OH is 1. The van der Waals surface area contributed by atoms with E-state index in [0.717, 1.165) is 28.2 Å². The van der Waals surface area contributed by atoms with Gasteiger partial charge in [0.05, 0.1) is 33.3 Å². The number of nitrogens with zero attached hydrogens (tertiary/aromatic N) is 4. The average molecular weight is 554 g/mol. The molecule has 41 heavy (non-hydrogen) atoms. The summed E-state index contributed by atoms with van der Waals surface area (Å²) in [5, 5.41) is 11.1. The van der Waals surface area contributed by atoms with Crippen LogP contribution in [0.4, 0.5) is 5.82 Å². The number of nitrogen functional groups attached to an aromatic ring is 1. The summed E-state index contributed by atoms with van der Waals surface area (Å²) in [6, 6.07) is 25.6. The van der Waals surface area contributed by atoms with E-state index < -0.39 is 24.0 Å². The fraction of sp³-hybridized carbons (Fsp3) is 0.258. The first-order valence-electron chi connectivity index (χ1n) is 13.3. The first-order chi connectivity index (χ1) is 20.0. The quantitative estimate of drug-likeness (QED) is 0.260. The third-order valence-electron chi connectivity index (χ3n) is 7.54. The third kappa shape index (κ3) is 4.86. The molecule has 0 saturated carbocycles. The number of aromatic nitrogens is 4. The zero-order chi connectivity index (χ0) is 28.4. The number of anilines is 1. The van der Waals surface area contributed by atoms with Crippen LogP contribution in [0.2, 0.25) is 0 Å². The highest BCUT2D eigenvalue weighted by Crippen LogP contribution is 2.43. The zero-order valence-electron chi connectivity index (χ0n) is 22.8. The molecule has 0 unspecified atom stereocenters. The molecule has 3 aromatic carbocycles. The second kappa shape index (κ2) is 11.2. The van der Waals surface area contributed by atoms with Crippen LogP contribution in [0.15, 0.2) is 91.5 Å². The Morgan fingerprint density at radius 1 is 0.878 bits per heavy atom. The molecule has 2 aromatic heterocycles. The van der Waals surface area contributed by atoms with Crippen LogP contribution < -0.4 is 15.2 Å². The second-order valence-electron chi connectivity index (χ2n) is 9.83. The number of imidazole rings is 1. The van der Waals surface area contributed by atoms with Crippen molar-refractivity contribution in [2.24, 2.45) is 0 Å². The maximum Gasteiger partial charge on any atom is 0.167 e. The molecule has 3 heterocycles. The lowest BCUT2D eigenvalue weighted by Crippen LogP contribution is -2.38. The molecule has 1 fully saturated rings. The van der Waals surface area contributed by atoms with Crippen molar-refractivity contribution in [1.29, 1.82) is 0 Å². The van der Waals surface area contributed by atoms with Crippen molar-refractivity contribution in [1.82, 2.24) is 19.5 Å². The standard InChI is InChI=1S/C31H31N5O5/c1-38-23-12-8-21(9-13-23)31(20-6-4-3-5-7-20,22-10-14-24(39-2)15-11-22)40-17-26-25(37)16-27(41-26)36-19-35-28-29(32)33-18-34-30(28)36/h3-15,18-19,25-27,37H,16-17H2,1-2H3,(H2,32,33,34)/t25-,26+,27+/m1/s1. The summed E-state index contributed by atoms with van der Waals surface area (Å²) in [5.74, 6) is 1.76. The van der Waals surface area contributed by atoms with Crippen LogP contribution in [0.25, 0.3) is 11.2 Å².